The summed E-state index contributed by atoms with van der Waals surface area (Å²) in [4.78, 5) is 31.3. The maximum absolute atomic E-state index is 12.8. The number of carbonyl (C=O) groups excluding carboxylic acids is 2. The molecule has 1 aliphatic heterocycles. The molecular formula is C22H27N3O3. The Balaban J connectivity index is 1.72. The molecule has 0 aliphatic carbocycles. The van der Waals surface area contributed by atoms with Gasteiger partial charge in [0.25, 0.3) is 0 Å². The van der Waals surface area contributed by atoms with Crippen LogP contribution in [0.15, 0.2) is 48.7 Å². The average Bonchev–Trinajstić information content (AvgIpc) is 2.72. The highest BCUT2D eigenvalue weighted by atomic mass is 16.5. The van der Waals surface area contributed by atoms with Crippen LogP contribution in [0.3, 0.4) is 0 Å². The van der Waals surface area contributed by atoms with E-state index >= 15 is 0 Å². The summed E-state index contributed by atoms with van der Waals surface area (Å²) in [7, 11) is 1.51. The van der Waals surface area contributed by atoms with Crippen LogP contribution >= 0.6 is 0 Å². The van der Waals surface area contributed by atoms with Crippen molar-refractivity contribution in [3.63, 3.8) is 0 Å². The molecule has 1 aliphatic rings. The summed E-state index contributed by atoms with van der Waals surface area (Å²) in [6.07, 6.45) is 2.43. The number of methoxy groups -OCH3 is 1. The van der Waals surface area contributed by atoms with Crippen molar-refractivity contribution < 1.29 is 14.3 Å². The quantitative estimate of drug-likeness (QED) is 0.833. The lowest BCUT2D eigenvalue weighted by Gasteiger charge is -2.37. The molecule has 1 aromatic carbocycles. The molecule has 0 radical (unpaired) electrons. The van der Waals surface area contributed by atoms with E-state index in [2.05, 4.69) is 35.4 Å². The van der Waals surface area contributed by atoms with Gasteiger partial charge in [0.05, 0.1) is 18.2 Å². The second kappa shape index (κ2) is 9.46. The second-order valence-electron chi connectivity index (χ2n) is 7.31. The molecular weight excluding hydrogens is 354 g/mol. The van der Waals surface area contributed by atoms with Gasteiger partial charge >= 0.3 is 0 Å². The van der Waals surface area contributed by atoms with Crippen molar-refractivity contribution in [1.29, 1.82) is 0 Å². The Kier molecular flexibility index (Phi) is 6.76. The van der Waals surface area contributed by atoms with Gasteiger partial charge in [0.15, 0.2) is 0 Å². The van der Waals surface area contributed by atoms with Crippen molar-refractivity contribution in [3.8, 4) is 0 Å². The zero-order valence-corrected chi connectivity index (χ0v) is 16.4. The largest absolute Gasteiger partial charge is 0.375 e. The summed E-state index contributed by atoms with van der Waals surface area (Å²) in [6, 6.07) is 13.9. The van der Waals surface area contributed by atoms with Crippen molar-refractivity contribution in [2.24, 2.45) is 5.92 Å². The Hall–Kier alpha value is -2.73. The van der Waals surface area contributed by atoms with E-state index < -0.39 is 0 Å². The van der Waals surface area contributed by atoms with Gasteiger partial charge in [-0.05, 0) is 31.0 Å². The molecule has 3 rings (SSSR count). The molecule has 2 amide bonds. The van der Waals surface area contributed by atoms with Crippen LogP contribution in [0.25, 0.3) is 0 Å². The fourth-order valence-corrected chi connectivity index (χ4v) is 3.70. The predicted octanol–water partition coefficient (Wildman–Crippen LogP) is 2.28. The Bertz CT molecular complexity index is 810. The molecule has 1 fully saturated rings. The van der Waals surface area contributed by atoms with Crippen molar-refractivity contribution in [1.82, 2.24) is 15.2 Å². The zero-order valence-electron chi connectivity index (χ0n) is 16.4. The molecule has 0 spiro atoms. The second-order valence-corrected chi connectivity index (χ2v) is 7.31. The maximum Gasteiger partial charge on any atom is 0.248 e. The van der Waals surface area contributed by atoms with Crippen LogP contribution in [0.1, 0.15) is 29.2 Å². The monoisotopic (exact) mass is 381 g/mol. The molecule has 2 aromatic rings. The summed E-state index contributed by atoms with van der Waals surface area (Å²) in [5, 5.41) is 2.97. The lowest BCUT2D eigenvalue weighted by Crippen LogP contribution is -2.48. The molecule has 2 heterocycles. The first-order valence-corrected chi connectivity index (χ1v) is 9.57. The minimum Gasteiger partial charge on any atom is -0.375 e. The lowest BCUT2D eigenvalue weighted by atomic mass is 9.83. The molecule has 1 N–H and O–H groups in total. The van der Waals surface area contributed by atoms with Gasteiger partial charge in [0.1, 0.15) is 6.61 Å². The van der Waals surface area contributed by atoms with Gasteiger partial charge < -0.3 is 15.0 Å². The number of aryl methyl sites for hydroxylation is 1. The number of likely N-dealkylation sites (tertiary alicyclic amines) is 1. The fraction of sp³-hybridized carbons (Fsp3) is 0.409. The third-order valence-electron chi connectivity index (χ3n) is 5.13. The average molecular weight is 381 g/mol. The van der Waals surface area contributed by atoms with Crippen LogP contribution < -0.4 is 5.32 Å². The number of pyridine rings is 1. The first kappa shape index (κ1) is 20.0. The minimum absolute atomic E-state index is 0.0306. The van der Waals surface area contributed by atoms with E-state index in [1.165, 1.54) is 12.7 Å². The SMILES string of the molecule is COCC(=O)N1CC(C(=O)NCc2ccccn2)CC(c2cccc(C)c2)C1. The molecule has 6 nitrogen and oxygen atoms in total. The molecule has 2 atom stereocenters. The number of nitrogens with zero attached hydrogens (tertiary/aromatic N) is 2. The Morgan fingerprint density at radius 1 is 1.21 bits per heavy atom. The van der Waals surface area contributed by atoms with Crippen molar-refractivity contribution in [2.45, 2.75) is 25.8 Å². The van der Waals surface area contributed by atoms with Crippen LogP contribution in [0, 0.1) is 12.8 Å². The third kappa shape index (κ3) is 5.16. The van der Waals surface area contributed by atoms with E-state index in [1.807, 2.05) is 24.3 Å². The van der Waals surface area contributed by atoms with E-state index in [4.69, 9.17) is 4.74 Å². The highest BCUT2D eigenvalue weighted by Gasteiger charge is 2.34. The topological polar surface area (TPSA) is 71.5 Å². The van der Waals surface area contributed by atoms with Crippen molar-refractivity contribution in [2.75, 3.05) is 26.8 Å². The van der Waals surface area contributed by atoms with Crippen LogP contribution in [0.5, 0.6) is 0 Å². The molecule has 1 aromatic heterocycles. The number of carbonyl (C=O) groups is 2. The van der Waals surface area contributed by atoms with E-state index in [1.54, 1.807) is 11.1 Å². The summed E-state index contributed by atoms with van der Waals surface area (Å²) in [6.45, 7) is 3.49. The molecule has 0 saturated carbocycles. The van der Waals surface area contributed by atoms with Gasteiger partial charge in [0.2, 0.25) is 11.8 Å². The number of hydrogen-bond acceptors (Lipinski definition) is 4. The lowest BCUT2D eigenvalue weighted by molar-refractivity contribution is -0.139. The first-order chi connectivity index (χ1) is 13.6. The summed E-state index contributed by atoms with van der Waals surface area (Å²) >= 11 is 0. The third-order valence-corrected chi connectivity index (χ3v) is 5.13. The van der Waals surface area contributed by atoms with Crippen LogP contribution in [0.4, 0.5) is 0 Å². The highest BCUT2D eigenvalue weighted by Crippen LogP contribution is 2.31. The van der Waals surface area contributed by atoms with Gasteiger partial charge in [-0.25, -0.2) is 0 Å². The van der Waals surface area contributed by atoms with E-state index in [9.17, 15) is 9.59 Å². The molecule has 148 valence electrons. The van der Waals surface area contributed by atoms with Gasteiger partial charge in [-0.3, -0.25) is 14.6 Å². The molecule has 1 saturated heterocycles. The Labute approximate surface area is 165 Å². The first-order valence-electron chi connectivity index (χ1n) is 9.57. The molecule has 28 heavy (non-hydrogen) atoms. The summed E-state index contributed by atoms with van der Waals surface area (Å²) in [5.41, 5.74) is 3.15. The number of hydrogen-bond donors (Lipinski definition) is 1. The predicted molar refractivity (Wildman–Crippen MR) is 107 cm³/mol. The van der Waals surface area contributed by atoms with Crippen LogP contribution in [0.2, 0.25) is 0 Å². The molecule has 2 unspecified atom stereocenters. The maximum atomic E-state index is 12.8. The van der Waals surface area contributed by atoms with Gasteiger partial charge in [-0.15, -0.1) is 0 Å². The number of rotatable bonds is 6. The van der Waals surface area contributed by atoms with E-state index in [-0.39, 0.29) is 30.3 Å². The highest BCUT2D eigenvalue weighted by molar-refractivity contribution is 5.82. The Morgan fingerprint density at radius 3 is 2.79 bits per heavy atom. The van der Waals surface area contributed by atoms with Gasteiger partial charge in [-0.1, -0.05) is 35.9 Å². The normalized spacial score (nSPS) is 19.3. The number of benzene rings is 1. The van der Waals surface area contributed by atoms with Gasteiger partial charge in [-0.2, -0.15) is 0 Å². The Morgan fingerprint density at radius 2 is 2.07 bits per heavy atom. The number of ether oxygens (including phenoxy) is 1. The van der Waals surface area contributed by atoms with E-state index in [0.29, 0.717) is 26.1 Å². The molecule has 6 heteroatoms. The number of amides is 2. The zero-order chi connectivity index (χ0) is 19.9. The van der Waals surface area contributed by atoms with Crippen LogP contribution in [-0.4, -0.2) is 48.5 Å². The summed E-state index contributed by atoms with van der Waals surface area (Å²) in [5.74, 6) is -0.260. The fourth-order valence-electron chi connectivity index (χ4n) is 3.70. The van der Waals surface area contributed by atoms with Crippen molar-refractivity contribution >= 4 is 11.8 Å². The van der Waals surface area contributed by atoms with Gasteiger partial charge in [0, 0.05) is 32.3 Å². The summed E-state index contributed by atoms with van der Waals surface area (Å²) < 4.78 is 5.02. The van der Waals surface area contributed by atoms with Crippen molar-refractivity contribution in [3.05, 3.63) is 65.5 Å². The smallest absolute Gasteiger partial charge is 0.248 e. The molecule has 0 bridgehead atoms. The minimum atomic E-state index is -0.260. The van der Waals surface area contributed by atoms with Crippen LogP contribution in [-0.2, 0) is 20.9 Å². The standard InChI is InChI=1S/C22H27N3O3/c1-16-6-5-7-17(10-16)18-11-19(14-25(13-18)21(26)15-28-2)22(27)24-12-20-8-3-4-9-23-20/h3-10,18-19H,11-15H2,1-2H3,(H,24,27). The number of aromatic nitrogens is 1. The number of nitrogens with one attached hydrogen (secondary N) is 1. The number of piperidine rings is 1. The van der Waals surface area contributed by atoms with E-state index in [0.717, 1.165) is 11.3 Å².